The van der Waals surface area contributed by atoms with Gasteiger partial charge in [0.15, 0.2) is 5.78 Å². The van der Waals surface area contributed by atoms with Crippen molar-refractivity contribution < 1.29 is 15.0 Å². The summed E-state index contributed by atoms with van der Waals surface area (Å²) in [7, 11) is 0. The van der Waals surface area contributed by atoms with Crippen LogP contribution in [0.15, 0.2) is 24.3 Å². The summed E-state index contributed by atoms with van der Waals surface area (Å²) in [6.07, 6.45) is 1.65. The van der Waals surface area contributed by atoms with Gasteiger partial charge in [-0.15, -0.1) is 0 Å². The molecule has 0 bridgehead atoms. The van der Waals surface area contributed by atoms with E-state index in [-0.39, 0.29) is 0 Å². The van der Waals surface area contributed by atoms with E-state index in [0.29, 0.717) is 12.2 Å². The Morgan fingerprint density at radius 2 is 1.44 bits per heavy atom. The van der Waals surface area contributed by atoms with Crippen LogP contribution in [-0.2, 0) is 6.42 Å². The van der Waals surface area contributed by atoms with Gasteiger partial charge in [-0.25, -0.2) is 0 Å². The summed E-state index contributed by atoms with van der Waals surface area (Å²) in [6.45, 7) is 6.31. The Morgan fingerprint density at radius 3 is 1.89 bits per heavy atom. The summed E-state index contributed by atoms with van der Waals surface area (Å²) in [6, 6.07) is 7.84. The molecule has 100 valence electrons. The maximum absolute atomic E-state index is 11.1. The zero-order valence-electron chi connectivity index (χ0n) is 11.5. The van der Waals surface area contributed by atoms with Crippen LogP contribution < -0.4 is 0 Å². The van der Waals surface area contributed by atoms with Crippen LogP contribution in [0.1, 0.15) is 50.0 Å². The smallest absolute Gasteiger partial charge is 0.163 e. The van der Waals surface area contributed by atoms with Gasteiger partial charge in [-0.3, -0.25) is 4.79 Å². The standard InChI is InChI=1S/C9H8O.C6H14O2/c10-9-6-5-7-3-1-2-4-8(7)9;1-5(2,7)6(3,4)8/h1-4H,5-6H2;7-8H,1-4H3. The highest BCUT2D eigenvalue weighted by atomic mass is 16.3. The predicted octanol–water partition coefficient (Wildman–Crippen LogP) is 2.34. The van der Waals surface area contributed by atoms with E-state index in [0.717, 1.165) is 12.0 Å². The van der Waals surface area contributed by atoms with Crippen molar-refractivity contribution in [2.75, 3.05) is 0 Å². The lowest BCUT2D eigenvalue weighted by Crippen LogP contribution is -2.44. The number of ketones is 1. The quantitative estimate of drug-likeness (QED) is 0.804. The van der Waals surface area contributed by atoms with Crippen LogP contribution in [0, 0.1) is 0 Å². The molecule has 0 atom stereocenters. The molecule has 2 N–H and O–H groups in total. The van der Waals surface area contributed by atoms with E-state index >= 15 is 0 Å². The molecule has 0 saturated carbocycles. The van der Waals surface area contributed by atoms with E-state index in [1.54, 1.807) is 27.7 Å². The molecule has 18 heavy (non-hydrogen) atoms. The van der Waals surface area contributed by atoms with Crippen molar-refractivity contribution in [2.24, 2.45) is 0 Å². The molecule has 0 unspecified atom stereocenters. The summed E-state index contributed by atoms with van der Waals surface area (Å²) in [5, 5.41) is 18.2. The summed E-state index contributed by atoms with van der Waals surface area (Å²) in [5.41, 5.74) is 0.134. The minimum Gasteiger partial charge on any atom is -0.387 e. The van der Waals surface area contributed by atoms with Gasteiger partial charge in [-0.2, -0.15) is 0 Å². The lowest BCUT2D eigenvalue weighted by atomic mass is 9.90. The number of aliphatic hydroxyl groups is 2. The first-order valence-electron chi connectivity index (χ1n) is 6.19. The molecular formula is C15H22O3. The fourth-order valence-corrected chi connectivity index (χ4v) is 1.39. The molecule has 1 aromatic carbocycles. The highest BCUT2D eigenvalue weighted by Gasteiger charge is 2.31. The van der Waals surface area contributed by atoms with Crippen LogP contribution in [0.5, 0.6) is 0 Å². The topological polar surface area (TPSA) is 57.5 Å². The Bertz CT molecular complexity index is 410. The third-order valence-corrected chi connectivity index (χ3v) is 3.44. The number of fused-ring (bicyclic) bond motifs is 1. The number of rotatable bonds is 1. The second kappa shape index (κ2) is 5.21. The van der Waals surface area contributed by atoms with Gasteiger partial charge >= 0.3 is 0 Å². The Balaban J connectivity index is 0.000000187. The van der Waals surface area contributed by atoms with Gasteiger partial charge in [0.2, 0.25) is 0 Å². The third kappa shape index (κ3) is 3.65. The molecule has 0 aliphatic heterocycles. The number of aryl methyl sites for hydroxylation is 1. The van der Waals surface area contributed by atoms with Crippen molar-refractivity contribution in [1.82, 2.24) is 0 Å². The lowest BCUT2D eigenvalue weighted by Gasteiger charge is -2.31. The van der Waals surface area contributed by atoms with E-state index < -0.39 is 11.2 Å². The second-order valence-corrected chi connectivity index (χ2v) is 5.70. The molecule has 0 amide bonds. The minimum atomic E-state index is -1.01. The van der Waals surface area contributed by atoms with Gasteiger partial charge in [0.25, 0.3) is 0 Å². The van der Waals surface area contributed by atoms with Crippen LogP contribution in [0.3, 0.4) is 0 Å². The van der Waals surface area contributed by atoms with Crippen LogP contribution in [0.4, 0.5) is 0 Å². The molecule has 2 rings (SSSR count). The average molecular weight is 250 g/mol. The van der Waals surface area contributed by atoms with E-state index in [4.69, 9.17) is 10.2 Å². The maximum Gasteiger partial charge on any atom is 0.163 e. The third-order valence-electron chi connectivity index (χ3n) is 3.44. The minimum absolute atomic E-state index is 0.301. The molecule has 0 aromatic heterocycles. The summed E-state index contributed by atoms with van der Waals surface area (Å²) >= 11 is 0. The van der Waals surface area contributed by atoms with Gasteiger partial charge in [-0.05, 0) is 39.7 Å². The first-order chi connectivity index (χ1) is 8.13. The van der Waals surface area contributed by atoms with Crippen molar-refractivity contribution in [3.8, 4) is 0 Å². The fraction of sp³-hybridized carbons (Fsp3) is 0.533. The number of carbonyl (C=O) groups excluding carboxylic acids is 1. The molecule has 1 aromatic rings. The van der Waals surface area contributed by atoms with E-state index in [9.17, 15) is 4.79 Å². The lowest BCUT2D eigenvalue weighted by molar-refractivity contribution is -0.107. The first-order valence-corrected chi connectivity index (χ1v) is 6.19. The Labute approximate surface area is 108 Å². The summed E-state index contributed by atoms with van der Waals surface area (Å²) < 4.78 is 0. The number of hydrogen-bond donors (Lipinski definition) is 2. The molecule has 1 aliphatic rings. The predicted molar refractivity (Wildman–Crippen MR) is 71.7 cm³/mol. The molecular weight excluding hydrogens is 228 g/mol. The molecule has 0 fully saturated rings. The van der Waals surface area contributed by atoms with Crippen molar-refractivity contribution in [1.29, 1.82) is 0 Å². The zero-order valence-corrected chi connectivity index (χ0v) is 11.5. The first kappa shape index (κ1) is 14.9. The summed E-state index contributed by atoms with van der Waals surface area (Å²) in [5.74, 6) is 0.301. The Morgan fingerprint density at radius 1 is 0.944 bits per heavy atom. The van der Waals surface area contributed by atoms with Gasteiger partial charge in [0.05, 0.1) is 11.2 Å². The SMILES string of the molecule is CC(C)(O)C(C)(C)O.O=C1CCc2ccccc21. The monoisotopic (exact) mass is 250 g/mol. The van der Waals surface area contributed by atoms with E-state index in [1.165, 1.54) is 5.56 Å². The van der Waals surface area contributed by atoms with Crippen LogP contribution >= 0.6 is 0 Å². The highest BCUT2D eigenvalue weighted by Crippen LogP contribution is 2.20. The fourth-order valence-electron chi connectivity index (χ4n) is 1.39. The molecule has 0 heterocycles. The highest BCUT2D eigenvalue weighted by molar-refractivity contribution is 6.00. The molecule has 0 radical (unpaired) electrons. The van der Waals surface area contributed by atoms with Gasteiger partial charge in [0.1, 0.15) is 0 Å². The molecule has 1 aliphatic carbocycles. The van der Waals surface area contributed by atoms with Crippen molar-refractivity contribution in [3.63, 3.8) is 0 Å². The second-order valence-electron chi connectivity index (χ2n) is 5.70. The summed E-state index contributed by atoms with van der Waals surface area (Å²) in [4.78, 5) is 11.1. The number of Topliss-reactive ketones (excluding diaryl/α,β-unsaturated/α-hetero) is 1. The van der Waals surface area contributed by atoms with E-state index in [1.807, 2.05) is 24.3 Å². The Kier molecular flexibility index (Phi) is 4.30. The number of hydrogen-bond acceptors (Lipinski definition) is 3. The van der Waals surface area contributed by atoms with Crippen LogP contribution in [0.25, 0.3) is 0 Å². The number of carbonyl (C=O) groups is 1. The largest absolute Gasteiger partial charge is 0.387 e. The van der Waals surface area contributed by atoms with Crippen molar-refractivity contribution in [2.45, 2.75) is 51.7 Å². The maximum atomic E-state index is 11.1. The normalized spacial score (nSPS) is 14.9. The molecule has 3 nitrogen and oxygen atoms in total. The van der Waals surface area contributed by atoms with Crippen molar-refractivity contribution in [3.05, 3.63) is 35.4 Å². The van der Waals surface area contributed by atoms with Gasteiger partial charge in [0, 0.05) is 12.0 Å². The van der Waals surface area contributed by atoms with E-state index in [2.05, 4.69) is 0 Å². The molecule has 0 saturated heterocycles. The average Bonchev–Trinajstić information content (AvgIpc) is 2.59. The number of benzene rings is 1. The zero-order chi connectivity index (χ0) is 14.0. The van der Waals surface area contributed by atoms with Gasteiger partial charge < -0.3 is 10.2 Å². The van der Waals surface area contributed by atoms with Crippen LogP contribution in [0.2, 0.25) is 0 Å². The van der Waals surface area contributed by atoms with Crippen LogP contribution in [-0.4, -0.2) is 27.2 Å². The van der Waals surface area contributed by atoms with Crippen molar-refractivity contribution >= 4 is 5.78 Å². The van der Waals surface area contributed by atoms with Gasteiger partial charge in [-0.1, -0.05) is 24.3 Å². The Hall–Kier alpha value is -1.19. The molecule has 3 heteroatoms. The molecule has 0 spiro atoms.